The van der Waals surface area contributed by atoms with Crippen LogP contribution in [0.15, 0.2) is 47.0 Å². The number of benzene rings is 1. The van der Waals surface area contributed by atoms with Gasteiger partial charge in [0.25, 0.3) is 0 Å². The summed E-state index contributed by atoms with van der Waals surface area (Å²) < 4.78 is 75.7. The first kappa shape index (κ1) is 27.9. The predicted molar refractivity (Wildman–Crippen MR) is 127 cm³/mol. The van der Waals surface area contributed by atoms with E-state index in [9.17, 15) is 36.3 Å². The van der Waals surface area contributed by atoms with E-state index in [-0.39, 0.29) is 36.6 Å². The van der Waals surface area contributed by atoms with Gasteiger partial charge in [0, 0.05) is 17.5 Å². The Morgan fingerprint density at radius 2 is 1.97 bits per heavy atom. The number of hydrogen-bond donors (Lipinski definition) is 4. The van der Waals surface area contributed by atoms with Crippen LogP contribution >= 0.6 is 11.8 Å². The maximum Gasteiger partial charge on any atom is 0.452 e. The van der Waals surface area contributed by atoms with Gasteiger partial charge in [-0.25, -0.2) is 13.2 Å². The van der Waals surface area contributed by atoms with E-state index >= 15 is 0 Å². The van der Waals surface area contributed by atoms with Crippen LogP contribution in [0.25, 0.3) is 4.91 Å². The summed E-state index contributed by atoms with van der Waals surface area (Å²) in [4.78, 5) is 24.6. The van der Waals surface area contributed by atoms with Crippen LogP contribution < -0.4 is 10.0 Å². The van der Waals surface area contributed by atoms with E-state index in [0.29, 0.717) is 23.4 Å². The molecule has 11 nitrogen and oxygen atoms in total. The van der Waals surface area contributed by atoms with Gasteiger partial charge in [-0.05, 0) is 18.4 Å². The molecule has 2 aliphatic rings. The van der Waals surface area contributed by atoms with E-state index < -0.39 is 56.2 Å². The van der Waals surface area contributed by atoms with Crippen molar-refractivity contribution in [3.63, 3.8) is 0 Å². The van der Waals surface area contributed by atoms with E-state index in [1.54, 1.807) is 30.3 Å². The number of nitrogens with one attached hydrogen (secondary N) is 2. The van der Waals surface area contributed by atoms with Gasteiger partial charge in [0.2, 0.25) is 15.8 Å². The molecular weight excluding hydrogens is 555 g/mol. The molecular formula is C22H22F3N3O8S2. The number of carboxylic acid groups (broad SMARTS) is 1. The van der Waals surface area contributed by atoms with Crippen LogP contribution in [0.5, 0.6) is 0 Å². The maximum atomic E-state index is 13.3. The van der Waals surface area contributed by atoms with Gasteiger partial charge in [-0.1, -0.05) is 41.6 Å². The number of halogens is 3. The van der Waals surface area contributed by atoms with Crippen LogP contribution in [0.4, 0.5) is 18.0 Å². The minimum Gasteiger partial charge on any atom is -0.480 e. The summed E-state index contributed by atoms with van der Waals surface area (Å²) in [6.45, 7) is -0.930. The highest BCUT2D eigenvalue weighted by Crippen LogP contribution is 2.59. The maximum absolute atomic E-state index is 13.3. The second kappa shape index (κ2) is 10.2. The highest BCUT2D eigenvalue weighted by atomic mass is 32.3. The van der Waals surface area contributed by atoms with Crippen molar-refractivity contribution in [3.05, 3.63) is 59.5 Å². The van der Waals surface area contributed by atoms with Crippen LogP contribution in [0.2, 0.25) is 0 Å². The minimum atomic E-state index is -4.76. The standard InChI is InChI=1S/C22H22F3N3O8S2/c23-22(24,25)16-10-14(27-36-16)15-6-7-17(37-15)38(33,34)28-21(18(30)31)11-20(21,13-4-2-1-3-5-13)12-35-19(32)26-8-9-29/h1-6,10,17,28-29H,7-9,11-12H2,(H,26,32)(H,30,31). The fourth-order valence-electron chi connectivity index (χ4n) is 4.26. The summed E-state index contributed by atoms with van der Waals surface area (Å²) in [7, 11) is -4.38. The quantitative estimate of drug-likeness (QED) is 0.329. The smallest absolute Gasteiger partial charge is 0.452 e. The van der Waals surface area contributed by atoms with Crippen LogP contribution in [-0.2, 0) is 31.1 Å². The molecule has 0 spiro atoms. The Hall–Kier alpha value is -3.08. The molecule has 38 heavy (non-hydrogen) atoms. The third-order valence-corrected chi connectivity index (χ3v) is 9.89. The van der Waals surface area contributed by atoms with Gasteiger partial charge in [-0.2, -0.15) is 17.9 Å². The molecule has 4 N–H and O–H groups in total. The van der Waals surface area contributed by atoms with Crippen molar-refractivity contribution in [2.75, 3.05) is 19.8 Å². The fraction of sp³-hybridized carbons (Fsp3) is 0.409. The number of ether oxygens (including phenoxy) is 1. The van der Waals surface area contributed by atoms with E-state index in [2.05, 4.69) is 19.7 Å². The molecule has 0 bridgehead atoms. The largest absolute Gasteiger partial charge is 0.480 e. The zero-order valence-electron chi connectivity index (χ0n) is 19.4. The number of thioether (sulfide) groups is 1. The molecule has 1 aromatic heterocycles. The Morgan fingerprint density at radius 1 is 1.26 bits per heavy atom. The number of alkyl halides is 3. The number of rotatable bonds is 10. The van der Waals surface area contributed by atoms with Crippen LogP contribution in [-0.4, -0.2) is 65.7 Å². The summed E-state index contributed by atoms with van der Waals surface area (Å²) in [5.41, 5.74) is -3.29. The zero-order valence-corrected chi connectivity index (χ0v) is 21.0. The van der Waals surface area contributed by atoms with E-state index in [1.165, 1.54) is 6.08 Å². The number of carbonyl (C=O) groups is 2. The van der Waals surface area contributed by atoms with Gasteiger partial charge in [0.05, 0.1) is 12.0 Å². The van der Waals surface area contributed by atoms with Gasteiger partial charge >= 0.3 is 18.2 Å². The van der Waals surface area contributed by atoms with E-state index in [1.807, 2.05) is 0 Å². The Kier molecular flexibility index (Phi) is 7.53. The van der Waals surface area contributed by atoms with Crippen molar-refractivity contribution in [1.82, 2.24) is 15.2 Å². The number of aliphatic hydroxyl groups is 1. The lowest BCUT2D eigenvalue weighted by Crippen LogP contribution is -2.52. The van der Waals surface area contributed by atoms with Gasteiger partial charge in [-0.15, -0.1) is 11.8 Å². The number of nitrogens with zero attached hydrogens (tertiary/aromatic N) is 1. The number of carbonyl (C=O) groups excluding carboxylic acids is 1. The van der Waals surface area contributed by atoms with Gasteiger partial charge in [0.15, 0.2) is 0 Å². The first-order valence-electron chi connectivity index (χ1n) is 11.1. The molecule has 1 saturated carbocycles. The molecule has 16 heteroatoms. The summed E-state index contributed by atoms with van der Waals surface area (Å²) in [5, 5.41) is 24.6. The minimum absolute atomic E-state index is 0.0991. The van der Waals surface area contributed by atoms with Crippen LogP contribution in [0.3, 0.4) is 0 Å². The number of alkyl carbamates (subject to hydrolysis) is 1. The molecule has 1 aromatic carbocycles. The molecule has 2 heterocycles. The number of aromatic nitrogens is 1. The molecule has 4 rings (SSSR count). The average molecular weight is 578 g/mol. The topological polar surface area (TPSA) is 168 Å². The molecule has 3 atom stereocenters. The number of aliphatic carboxylic acids is 1. The van der Waals surface area contributed by atoms with Crippen molar-refractivity contribution in [3.8, 4) is 0 Å². The third kappa shape index (κ3) is 5.25. The fourth-order valence-corrected chi connectivity index (χ4v) is 7.43. The molecule has 3 unspecified atom stereocenters. The summed E-state index contributed by atoms with van der Waals surface area (Å²) in [6, 6.07) is 8.75. The average Bonchev–Trinajstić information content (AvgIpc) is 3.23. The molecule has 1 amide bonds. The van der Waals surface area contributed by atoms with Gasteiger partial charge in [0.1, 0.15) is 22.4 Å². The van der Waals surface area contributed by atoms with Crippen molar-refractivity contribution in [2.24, 2.45) is 0 Å². The molecule has 0 radical (unpaired) electrons. The Morgan fingerprint density at radius 3 is 2.58 bits per heavy atom. The summed E-state index contributed by atoms with van der Waals surface area (Å²) in [6.07, 6.45) is -4.67. The Balaban J connectivity index is 1.55. The van der Waals surface area contributed by atoms with E-state index in [4.69, 9.17) is 9.84 Å². The SMILES string of the molecule is O=C(NCCO)OCC1(c2ccccc2)CC1(NS(=O)(=O)C1CC=C(c2cc(C(F)(F)F)on2)S1)C(=O)O. The van der Waals surface area contributed by atoms with Crippen molar-refractivity contribution < 1.29 is 50.7 Å². The molecule has 1 aliphatic carbocycles. The van der Waals surface area contributed by atoms with Crippen molar-refractivity contribution >= 4 is 38.8 Å². The molecule has 206 valence electrons. The normalized spacial score (nSPS) is 25.1. The predicted octanol–water partition coefficient (Wildman–Crippen LogP) is 2.30. The zero-order chi connectivity index (χ0) is 27.8. The molecule has 1 fully saturated rings. The number of aliphatic hydroxyl groups excluding tert-OH is 1. The molecule has 2 aromatic rings. The lowest BCUT2D eigenvalue weighted by atomic mass is 9.91. The highest BCUT2D eigenvalue weighted by Gasteiger charge is 2.75. The second-order valence-corrected chi connectivity index (χ2v) is 12.0. The van der Waals surface area contributed by atoms with Gasteiger partial charge in [-0.3, -0.25) is 4.79 Å². The monoisotopic (exact) mass is 577 g/mol. The van der Waals surface area contributed by atoms with Crippen molar-refractivity contribution in [1.29, 1.82) is 0 Å². The Bertz CT molecular complexity index is 1350. The first-order chi connectivity index (χ1) is 17.8. The number of carboxylic acids is 1. The third-order valence-electron chi connectivity index (χ3n) is 6.24. The lowest BCUT2D eigenvalue weighted by molar-refractivity contribution is -0.155. The number of allylic oxidation sites excluding steroid dienone is 1. The van der Waals surface area contributed by atoms with Gasteiger partial charge < -0.3 is 24.8 Å². The lowest BCUT2D eigenvalue weighted by Gasteiger charge is -2.25. The van der Waals surface area contributed by atoms with Crippen LogP contribution in [0, 0.1) is 0 Å². The number of sulfonamides is 1. The Labute approximate surface area is 218 Å². The van der Waals surface area contributed by atoms with Crippen LogP contribution in [0.1, 0.15) is 29.9 Å². The number of amides is 1. The number of hydrogen-bond acceptors (Lipinski definition) is 9. The van der Waals surface area contributed by atoms with Crippen molar-refractivity contribution in [2.45, 2.75) is 34.6 Å². The summed E-state index contributed by atoms with van der Waals surface area (Å²) in [5.74, 6) is -2.83. The second-order valence-electron chi connectivity index (χ2n) is 8.63. The first-order valence-corrected chi connectivity index (χ1v) is 13.5. The summed E-state index contributed by atoms with van der Waals surface area (Å²) >= 11 is 0.707. The molecule has 0 saturated heterocycles. The van der Waals surface area contributed by atoms with E-state index in [0.717, 1.165) is 0 Å². The molecule has 1 aliphatic heterocycles. The highest BCUT2D eigenvalue weighted by molar-refractivity contribution is 8.18.